The van der Waals surface area contributed by atoms with Gasteiger partial charge in [-0.15, -0.1) is 0 Å². The second kappa shape index (κ2) is 12.1. The molecular weight excluding hydrogens is 256 g/mol. The largest absolute Gasteiger partial charge is 0.478 e. The van der Waals surface area contributed by atoms with Gasteiger partial charge < -0.3 is 15.3 Å². The lowest BCUT2D eigenvalue weighted by atomic mass is 10.0. The van der Waals surface area contributed by atoms with Crippen LogP contribution in [0.4, 0.5) is 0 Å². The predicted molar refractivity (Wildman–Crippen MR) is 80.2 cm³/mol. The molecule has 0 saturated heterocycles. The van der Waals surface area contributed by atoms with Crippen LogP contribution < -0.4 is 0 Å². The lowest BCUT2D eigenvalue weighted by Gasteiger charge is -2.08. The molecule has 0 unspecified atom stereocenters. The third-order valence-electron chi connectivity index (χ3n) is 2.52. The maximum atomic E-state index is 10.1. The van der Waals surface area contributed by atoms with Crippen LogP contribution in [0, 0.1) is 5.92 Å². The first-order valence-corrected chi connectivity index (χ1v) is 6.40. The molecule has 4 heteroatoms. The molecule has 0 heterocycles. The number of aliphatic hydroxyl groups excluding tert-OH is 2. The van der Waals surface area contributed by atoms with E-state index in [2.05, 4.69) is 55.2 Å². The normalized spacial score (nSPS) is 13.8. The van der Waals surface area contributed by atoms with Crippen LogP contribution in [0.15, 0.2) is 60.8 Å². The van der Waals surface area contributed by atoms with Crippen molar-refractivity contribution in [1.29, 1.82) is 0 Å². The summed E-state index contributed by atoms with van der Waals surface area (Å²) in [7, 11) is 0. The first-order chi connectivity index (χ1) is 9.63. The van der Waals surface area contributed by atoms with Crippen molar-refractivity contribution in [2.45, 2.75) is 12.8 Å². The Bertz CT molecular complexity index is 357. The fraction of sp³-hybridized carbons (Fsp3) is 0.312. The lowest BCUT2D eigenvalue weighted by Crippen LogP contribution is -2.18. The molecule has 0 fully saturated rings. The van der Waals surface area contributed by atoms with Crippen molar-refractivity contribution in [2.75, 3.05) is 13.2 Å². The third kappa shape index (κ3) is 9.08. The fourth-order valence-corrected chi connectivity index (χ4v) is 1.24. The molecule has 2 aliphatic rings. The summed E-state index contributed by atoms with van der Waals surface area (Å²) < 4.78 is 0. The highest BCUT2D eigenvalue weighted by Gasteiger charge is 2.15. The summed E-state index contributed by atoms with van der Waals surface area (Å²) >= 11 is 0. The molecule has 20 heavy (non-hydrogen) atoms. The van der Waals surface area contributed by atoms with E-state index in [0.717, 1.165) is 12.8 Å². The summed E-state index contributed by atoms with van der Waals surface area (Å²) in [6.07, 6.45) is 19.0. The number of carboxylic acids is 1. The van der Waals surface area contributed by atoms with Gasteiger partial charge in [0.2, 0.25) is 0 Å². The molecule has 2 rings (SSSR count). The minimum atomic E-state index is -1.19. The minimum Gasteiger partial charge on any atom is -0.478 e. The average Bonchev–Trinajstić information content (AvgIpc) is 3.18. The van der Waals surface area contributed by atoms with Crippen LogP contribution >= 0.6 is 0 Å². The Morgan fingerprint density at radius 1 is 0.950 bits per heavy atom. The summed E-state index contributed by atoms with van der Waals surface area (Å²) in [6, 6.07) is 0. The van der Waals surface area contributed by atoms with Crippen LogP contribution in [0.2, 0.25) is 0 Å². The van der Waals surface area contributed by atoms with Gasteiger partial charge in [-0.3, -0.25) is 0 Å². The van der Waals surface area contributed by atoms with Crippen LogP contribution in [0.3, 0.4) is 0 Å². The average molecular weight is 278 g/mol. The summed E-state index contributed by atoms with van der Waals surface area (Å²) in [4.78, 5) is 10.1. The van der Waals surface area contributed by atoms with Crippen molar-refractivity contribution in [1.82, 2.24) is 0 Å². The van der Waals surface area contributed by atoms with E-state index in [9.17, 15) is 4.79 Å². The van der Waals surface area contributed by atoms with Crippen LogP contribution in [0.25, 0.3) is 0 Å². The lowest BCUT2D eigenvalue weighted by molar-refractivity contribution is -0.133. The molecule has 0 aromatic carbocycles. The van der Waals surface area contributed by atoms with Gasteiger partial charge in [0.25, 0.3) is 0 Å². The van der Waals surface area contributed by atoms with Gasteiger partial charge in [0.15, 0.2) is 0 Å². The summed E-state index contributed by atoms with van der Waals surface area (Å²) in [5.74, 6) is -1.93. The highest BCUT2D eigenvalue weighted by Crippen LogP contribution is 2.06. The van der Waals surface area contributed by atoms with Crippen molar-refractivity contribution >= 4 is 5.97 Å². The number of allylic oxidation sites excluding steroid dienone is 8. The Hall–Kier alpha value is -1.91. The standard InChI is InChI=1S/C6H10O4.2C5H6/c1-4(6(9)10)5(2-7)3-8;2*1-2-4-5-3-1/h5,7-8H,1-3H2,(H,9,10);2*1-4H,5H2. The van der Waals surface area contributed by atoms with Crippen LogP contribution in [-0.4, -0.2) is 34.5 Å². The zero-order chi connectivity index (χ0) is 15.2. The van der Waals surface area contributed by atoms with Gasteiger partial charge in [-0.25, -0.2) is 4.79 Å². The van der Waals surface area contributed by atoms with E-state index in [0.29, 0.717) is 0 Å². The number of aliphatic hydroxyl groups is 2. The Morgan fingerprint density at radius 2 is 1.30 bits per heavy atom. The Labute approximate surface area is 119 Å². The van der Waals surface area contributed by atoms with E-state index in [1.165, 1.54) is 0 Å². The number of aliphatic carboxylic acids is 1. The highest BCUT2D eigenvalue weighted by molar-refractivity contribution is 5.86. The van der Waals surface area contributed by atoms with E-state index in [4.69, 9.17) is 15.3 Å². The van der Waals surface area contributed by atoms with Crippen molar-refractivity contribution < 1.29 is 20.1 Å². The molecule has 110 valence electrons. The molecule has 0 atom stereocenters. The Balaban J connectivity index is 0.000000298. The van der Waals surface area contributed by atoms with Gasteiger partial charge in [0.05, 0.1) is 13.2 Å². The van der Waals surface area contributed by atoms with Crippen molar-refractivity contribution in [3.63, 3.8) is 0 Å². The van der Waals surface area contributed by atoms with Gasteiger partial charge in [0, 0.05) is 11.5 Å². The van der Waals surface area contributed by atoms with Gasteiger partial charge in [0.1, 0.15) is 0 Å². The number of hydrogen-bond donors (Lipinski definition) is 3. The number of rotatable bonds is 4. The first-order valence-electron chi connectivity index (χ1n) is 6.40. The Kier molecular flexibility index (Phi) is 11.0. The molecule has 0 aromatic heterocycles. The molecule has 0 radical (unpaired) electrons. The predicted octanol–water partition coefficient (Wildman–Crippen LogP) is 2.23. The molecule has 0 aromatic rings. The van der Waals surface area contributed by atoms with Crippen LogP contribution in [-0.2, 0) is 4.79 Å². The second-order valence-electron chi connectivity index (χ2n) is 4.08. The molecule has 0 spiro atoms. The fourth-order valence-electron chi connectivity index (χ4n) is 1.24. The summed E-state index contributed by atoms with van der Waals surface area (Å²) in [5, 5.41) is 25.2. The van der Waals surface area contributed by atoms with Gasteiger partial charge in [-0.1, -0.05) is 55.2 Å². The summed E-state index contributed by atoms with van der Waals surface area (Å²) in [6.45, 7) is 2.40. The topological polar surface area (TPSA) is 77.8 Å². The molecule has 0 bridgehead atoms. The molecule has 3 N–H and O–H groups in total. The molecular formula is C16H22O4. The number of hydrogen-bond acceptors (Lipinski definition) is 3. The van der Waals surface area contributed by atoms with E-state index in [1.807, 2.05) is 0 Å². The maximum absolute atomic E-state index is 10.1. The van der Waals surface area contributed by atoms with Gasteiger partial charge >= 0.3 is 5.97 Å². The molecule has 4 nitrogen and oxygen atoms in total. The molecule has 2 aliphatic carbocycles. The minimum absolute atomic E-state index is 0.162. The van der Waals surface area contributed by atoms with Gasteiger partial charge in [-0.05, 0) is 12.8 Å². The zero-order valence-electron chi connectivity index (χ0n) is 11.5. The van der Waals surface area contributed by atoms with Gasteiger partial charge in [-0.2, -0.15) is 0 Å². The third-order valence-corrected chi connectivity index (χ3v) is 2.52. The van der Waals surface area contributed by atoms with Crippen LogP contribution in [0.1, 0.15) is 12.8 Å². The van der Waals surface area contributed by atoms with Crippen LogP contribution in [0.5, 0.6) is 0 Å². The SMILES string of the molecule is C1=CCC=C1.C1=CCC=C1.C=C(C(=O)O)C(CO)CO. The first kappa shape index (κ1) is 18.1. The number of carbonyl (C=O) groups is 1. The number of carboxylic acid groups (broad SMARTS) is 1. The smallest absolute Gasteiger partial charge is 0.331 e. The molecule has 0 amide bonds. The molecule has 0 saturated carbocycles. The van der Waals surface area contributed by atoms with E-state index < -0.39 is 11.9 Å². The zero-order valence-corrected chi connectivity index (χ0v) is 11.5. The van der Waals surface area contributed by atoms with E-state index >= 15 is 0 Å². The van der Waals surface area contributed by atoms with Crippen molar-refractivity contribution in [3.05, 3.63) is 60.8 Å². The Morgan fingerprint density at radius 3 is 1.40 bits per heavy atom. The van der Waals surface area contributed by atoms with Crippen molar-refractivity contribution in [3.8, 4) is 0 Å². The maximum Gasteiger partial charge on any atom is 0.331 e. The van der Waals surface area contributed by atoms with Crippen molar-refractivity contribution in [2.24, 2.45) is 5.92 Å². The highest BCUT2D eigenvalue weighted by atomic mass is 16.4. The second-order valence-corrected chi connectivity index (χ2v) is 4.08. The van der Waals surface area contributed by atoms with E-state index in [-0.39, 0.29) is 18.8 Å². The quantitative estimate of drug-likeness (QED) is 0.689. The molecule has 0 aliphatic heterocycles. The monoisotopic (exact) mass is 278 g/mol. The van der Waals surface area contributed by atoms with E-state index in [1.54, 1.807) is 0 Å². The summed E-state index contributed by atoms with van der Waals surface area (Å²) in [5.41, 5.74) is -0.162.